The van der Waals surface area contributed by atoms with Gasteiger partial charge >= 0.3 is 0 Å². The van der Waals surface area contributed by atoms with E-state index in [1.54, 1.807) is 0 Å². The van der Waals surface area contributed by atoms with Crippen molar-refractivity contribution in [3.05, 3.63) is 60.7 Å². The first-order chi connectivity index (χ1) is 12.4. The van der Waals surface area contributed by atoms with Crippen LogP contribution in [-0.2, 0) is 0 Å². The molecule has 2 aliphatic carbocycles. The molecule has 0 N–H and O–H groups in total. The molecule has 2 fully saturated rings. The van der Waals surface area contributed by atoms with Gasteiger partial charge in [0.15, 0.2) is 0 Å². The molecule has 25 heavy (non-hydrogen) atoms. The first kappa shape index (κ1) is 18.7. The van der Waals surface area contributed by atoms with Crippen molar-refractivity contribution < 1.29 is 0 Å². The van der Waals surface area contributed by atoms with Crippen molar-refractivity contribution in [3.63, 3.8) is 0 Å². The van der Waals surface area contributed by atoms with Gasteiger partial charge < -0.3 is 0 Å². The average molecular weight is 351 g/mol. The zero-order valence-electron chi connectivity index (χ0n) is 15.4. The lowest BCUT2D eigenvalue weighted by Gasteiger charge is -2.28. The first-order valence-electron chi connectivity index (χ1n) is 10.2. The summed E-state index contributed by atoms with van der Waals surface area (Å²) in [6.45, 7) is 0. The van der Waals surface area contributed by atoms with Crippen LogP contribution in [0.25, 0.3) is 11.1 Å². The molecule has 2 saturated carbocycles. The molecule has 0 nitrogen and oxygen atoms in total. The molecular weight excluding hydrogens is 319 g/mol. The Morgan fingerprint density at radius 1 is 0.480 bits per heavy atom. The van der Waals surface area contributed by atoms with E-state index < -0.39 is 0 Å². The molecule has 0 heterocycles. The van der Waals surface area contributed by atoms with Crippen molar-refractivity contribution in [1.82, 2.24) is 0 Å². The zero-order chi connectivity index (χ0) is 17.2. The highest BCUT2D eigenvalue weighted by molar-refractivity contribution is 7.39. The van der Waals surface area contributed by atoms with Gasteiger partial charge in [-0.2, -0.15) is 0 Å². The fourth-order valence-corrected chi connectivity index (χ4v) is 5.94. The van der Waals surface area contributed by atoms with E-state index in [1.807, 2.05) is 20.7 Å². The van der Waals surface area contributed by atoms with Crippen molar-refractivity contribution in [2.24, 2.45) is 0 Å². The summed E-state index contributed by atoms with van der Waals surface area (Å²) in [7, 11) is 1.84. The summed E-state index contributed by atoms with van der Waals surface area (Å²) < 4.78 is 0. The molecule has 1 radical (unpaired) electrons. The molecule has 0 saturated heterocycles. The minimum Gasteiger partial charge on any atom is -0.0741 e. The molecule has 0 amide bonds. The second-order valence-corrected chi connectivity index (χ2v) is 9.22. The van der Waals surface area contributed by atoms with Crippen LogP contribution < -0.4 is 0 Å². The minimum atomic E-state index is 1.09. The van der Waals surface area contributed by atoms with E-state index >= 15 is 0 Å². The van der Waals surface area contributed by atoms with Crippen LogP contribution in [-0.4, -0.2) is 11.3 Å². The topological polar surface area (TPSA) is 0 Å². The van der Waals surface area contributed by atoms with E-state index in [0.29, 0.717) is 0 Å². The smallest absolute Gasteiger partial charge is 0.0168 e. The van der Waals surface area contributed by atoms with Crippen LogP contribution >= 0.6 is 8.58 Å². The molecular formula is C24H32P. The van der Waals surface area contributed by atoms with Crippen molar-refractivity contribution in [1.29, 1.82) is 0 Å². The lowest BCUT2D eigenvalue weighted by Crippen LogP contribution is -2.14. The van der Waals surface area contributed by atoms with Crippen LogP contribution in [0.2, 0.25) is 0 Å². The normalized spacial score (nSPS) is 19.0. The predicted molar refractivity (Wildman–Crippen MR) is 113 cm³/mol. The maximum absolute atomic E-state index is 2.12. The quantitative estimate of drug-likeness (QED) is 0.492. The molecule has 0 aromatic heterocycles. The average Bonchev–Trinajstić information content (AvgIpc) is 2.71. The molecule has 2 aromatic carbocycles. The van der Waals surface area contributed by atoms with Gasteiger partial charge in [0.05, 0.1) is 0 Å². The van der Waals surface area contributed by atoms with Crippen LogP contribution in [0.3, 0.4) is 0 Å². The molecule has 4 rings (SSSR count). The Morgan fingerprint density at radius 3 is 1.20 bits per heavy atom. The van der Waals surface area contributed by atoms with Crippen LogP contribution in [0, 0.1) is 0 Å². The Morgan fingerprint density at radius 2 is 0.840 bits per heavy atom. The van der Waals surface area contributed by atoms with Gasteiger partial charge in [0.2, 0.25) is 0 Å². The summed E-state index contributed by atoms with van der Waals surface area (Å²) in [5.74, 6) is 0. The van der Waals surface area contributed by atoms with Crippen molar-refractivity contribution in [2.45, 2.75) is 75.5 Å². The van der Waals surface area contributed by atoms with Crippen molar-refractivity contribution in [2.75, 3.05) is 0 Å². The summed E-state index contributed by atoms with van der Waals surface area (Å²) >= 11 is 0. The van der Waals surface area contributed by atoms with Gasteiger partial charge in [-0.15, -0.1) is 0 Å². The molecule has 2 aliphatic rings. The van der Waals surface area contributed by atoms with Gasteiger partial charge in [-0.1, -0.05) is 108 Å². The summed E-state index contributed by atoms with van der Waals surface area (Å²) in [6.07, 6.45) is 15.3. The van der Waals surface area contributed by atoms with Crippen LogP contribution in [0.5, 0.6) is 0 Å². The SMILES string of the molecule is C1CCC([P]C2CCCCC2)CC1.c1ccc(-c2ccccc2)cc1. The fraction of sp³-hybridized carbons (Fsp3) is 0.500. The van der Waals surface area contributed by atoms with Crippen LogP contribution in [0.1, 0.15) is 64.2 Å². The predicted octanol–water partition coefficient (Wildman–Crippen LogP) is 7.95. The van der Waals surface area contributed by atoms with E-state index in [9.17, 15) is 0 Å². The maximum atomic E-state index is 2.12. The van der Waals surface area contributed by atoms with Gasteiger partial charge in [-0.3, -0.25) is 0 Å². The van der Waals surface area contributed by atoms with Gasteiger partial charge in [-0.25, -0.2) is 0 Å². The molecule has 0 aliphatic heterocycles. The van der Waals surface area contributed by atoms with E-state index in [4.69, 9.17) is 0 Å². The summed E-state index contributed by atoms with van der Waals surface area (Å²) in [6, 6.07) is 20.8. The minimum absolute atomic E-state index is 1.09. The third kappa shape index (κ3) is 6.59. The lowest BCUT2D eigenvalue weighted by molar-refractivity contribution is 0.490. The highest BCUT2D eigenvalue weighted by atomic mass is 31.1. The third-order valence-electron chi connectivity index (χ3n) is 5.45. The Kier molecular flexibility index (Phi) is 8.04. The van der Waals surface area contributed by atoms with Crippen molar-refractivity contribution in [3.8, 4) is 11.1 Å². The summed E-state index contributed by atoms with van der Waals surface area (Å²) in [5, 5.41) is 0. The van der Waals surface area contributed by atoms with Gasteiger partial charge in [-0.05, 0) is 48.1 Å². The number of rotatable bonds is 3. The standard InChI is InChI=1S/C12H22P.C12H10/c1-3-7-11(8-4-1)13-12-9-5-2-6-10-12;1-3-7-11(8-4-1)12-9-5-2-6-10-12/h11-12H,1-10H2;1-10H. The largest absolute Gasteiger partial charge is 0.0741 e. The Labute approximate surface area is 156 Å². The second-order valence-electron chi connectivity index (χ2n) is 7.46. The third-order valence-corrected chi connectivity index (χ3v) is 7.33. The highest BCUT2D eigenvalue weighted by Crippen LogP contribution is 2.41. The number of benzene rings is 2. The van der Waals surface area contributed by atoms with Gasteiger partial charge in [0, 0.05) is 0 Å². The summed E-state index contributed by atoms with van der Waals surface area (Å²) in [5.41, 5.74) is 4.74. The van der Waals surface area contributed by atoms with E-state index in [2.05, 4.69) is 48.5 Å². The van der Waals surface area contributed by atoms with Crippen LogP contribution in [0.4, 0.5) is 0 Å². The fourth-order valence-electron chi connectivity index (χ4n) is 4.02. The molecule has 0 spiro atoms. The lowest BCUT2D eigenvalue weighted by atomic mass is 10.00. The molecule has 1 heteroatoms. The van der Waals surface area contributed by atoms with Crippen LogP contribution in [0.15, 0.2) is 60.7 Å². The van der Waals surface area contributed by atoms with Gasteiger partial charge in [0.1, 0.15) is 0 Å². The van der Waals surface area contributed by atoms with Crippen molar-refractivity contribution >= 4 is 8.58 Å². The monoisotopic (exact) mass is 351 g/mol. The number of hydrogen-bond acceptors (Lipinski definition) is 0. The highest BCUT2D eigenvalue weighted by Gasteiger charge is 2.20. The second kappa shape index (κ2) is 10.8. The Hall–Kier alpha value is -1.13. The molecule has 0 bridgehead atoms. The van der Waals surface area contributed by atoms with Gasteiger partial charge in [0.25, 0.3) is 0 Å². The summed E-state index contributed by atoms with van der Waals surface area (Å²) in [4.78, 5) is 0. The molecule has 0 atom stereocenters. The Bertz CT molecular complexity index is 512. The first-order valence-corrected chi connectivity index (χ1v) is 11.3. The van der Waals surface area contributed by atoms with E-state index in [0.717, 1.165) is 11.3 Å². The zero-order valence-corrected chi connectivity index (χ0v) is 16.3. The Balaban J connectivity index is 0.000000146. The van der Waals surface area contributed by atoms with E-state index in [-0.39, 0.29) is 0 Å². The molecule has 2 aromatic rings. The maximum Gasteiger partial charge on any atom is -0.0168 e. The number of hydrogen-bond donors (Lipinski definition) is 0. The van der Waals surface area contributed by atoms with E-state index in [1.165, 1.54) is 75.3 Å². The molecule has 0 unspecified atom stereocenters. The molecule has 133 valence electrons.